The Balaban J connectivity index is 1.93. The number of carbonyl (C=O) groups excluding carboxylic acids is 1. The monoisotopic (exact) mass is 311 g/mol. The second-order valence-electron chi connectivity index (χ2n) is 4.92. The molecule has 1 heterocycles. The molecule has 0 radical (unpaired) electrons. The minimum absolute atomic E-state index is 0.139. The van der Waals surface area contributed by atoms with Crippen molar-refractivity contribution in [2.75, 3.05) is 25.5 Å². The highest BCUT2D eigenvalue weighted by molar-refractivity contribution is 5.94. The average molecular weight is 311 g/mol. The summed E-state index contributed by atoms with van der Waals surface area (Å²) in [7, 11) is 1.67. The van der Waals surface area contributed by atoms with Gasteiger partial charge in [0.15, 0.2) is 0 Å². The van der Waals surface area contributed by atoms with Crippen molar-refractivity contribution in [1.29, 1.82) is 0 Å². The van der Waals surface area contributed by atoms with Gasteiger partial charge in [-0.25, -0.2) is 4.98 Å². The number of amides is 1. The Labute approximate surface area is 136 Å². The molecule has 0 atom stereocenters. The van der Waals surface area contributed by atoms with Crippen LogP contribution < -0.4 is 15.4 Å². The van der Waals surface area contributed by atoms with Crippen LogP contribution in [0.25, 0.3) is 0 Å². The molecule has 0 spiro atoms. The fourth-order valence-electron chi connectivity index (χ4n) is 2.17. The van der Waals surface area contributed by atoms with Crippen molar-refractivity contribution in [3.8, 4) is 5.75 Å². The summed E-state index contributed by atoms with van der Waals surface area (Å²) in [6.07, 6.45) is 4.07. The Morgan fingerprint density at radius 3 is 2.96 bits per heavy atom. The number of para-hydroxylation sites is 1. The topological polar surface area (TPSA) is 63.2 Å². The van der Waals surface area contributed by atoms with Crippen molar-refractivity contribution in [1.82, 2.24) is 10.3 Å². The summed E-state index contributed by atoms with van der Waals surface area (Å²) in [5.41, 5.74) is 1.70. The molecule has 0 saturated carbocycles. The first-order valence-corrected chi connectivity index (χ1v) is 7.45. The summed E-state index contributed by atoms with van der Waals surface area (Å²) >= 11 is 0. The number of hydrogen-bond acceptors (Lipinski definition) is 4. The molecule has 5 heteroatoms. The normalized spacial score (nSPS) is 9.96. The lowest BCUT2D eigenvalue weighted by molar-refractivity contribution is 0.0958. The number of nitrogens with one attached hydrogen (secondary N) is 2. The molecule has 2 aromatic rings. The first kappa shape index (κ1) is 16.5. The van der Waals surface area contributed by atoms with Crippen LogP contribution in [0.4, 0.5) is 5.82 Å². The first-order valence-electron chi connectivity index (χ1n) is 7.45. The maximum absolute atomic E-state index is 11.9. The lowest BCUT2D eigenvalue weighted by atomic mass is 10.1. The van der Waals surface area contributed by atoms with Crippen LogP contribution >= 0.6 is 0 Å². The molecule has 0 aliphatic rings. The highest BCUT2D eigenvalue weighted by Crippen LogP contribution is 2.17. The number of pyridine rings is 1. The third kappa shape index (κ3) is 4.85. The molecule has 0 fully saturated rings. The number of ether oxygens (including phenoxy) is 1. The van der Waals surface area contributed by atoms with E-state index in [2.05, 4.69) is 22.2 Å². The minimum atomic E-state index is -0.139. The highest BCUT2D eigenvalue weighted by Gasteiger charge is 2.06. The van der Waals surface area contributed by atoms with Gasteiger partial charge in [0.1, 0.15) is 11.6 Å². The summed E-state index contributed by atoms with van der Waals surface area (Å²) in [6, 6.07) is 11.3. The summed E-state index contributed by atoms with van der Waals surface area (Å²) in [5.74, 6) is 1.41. The zero-order valence-corrected chi connectivity index (χ0v) is 13.2. The second-order valence-corrected chi connectivity index (χ2v) is 4.92. The molecule has 5 nitrogen and oxygen atoms in total. The number of rotatable bonds is 8. The number of aromatic nitrogens is 1. The predicted molar refractivity (Wildman–Crippen MR) is 92.0 cm³/mol. The average Bonchev–Trinajstić information content (AvgIpc) is 2.60. The van der Waals surface area contributed by atoms with Crippen LogP contribution in [0.2, 0.25) is 0 Å². The number of anilines is 1. The maximum atomic E-state index is 11.9. The van der Waals surface area contributed by atoms with Crippen LogP contribution in [0.1, 0.15) is 15.9 Å². The molecule has 23 heavy (non-hydrogen) atoms. The van der Waals surface area contributed by atoms with Gasteiger partial charge >= 0.3 is 0 Å². The fraction of sp³-hybridized carbons (Fsp3) is 0.222. The summed E-state index contributed by atoms with van der Waals surface area (Å²) in [5, 5.41) is 5.97. The van der Waals surface area contributed by atoms with E-state index < -0.39 is 0 Å². The van der Waals surface area contributed by atoms with E-state index in [9.17, 15) is 4.79 Å². The van der Waals surface area contributed by atoms with E-state index in [0.717, 1.165) is 17.7 Å². The minimum Gasteiger partial charge on any atom is -0.496 e. The molecule has 0 aliphatic carbocycles. The van der Waals surface area contributed by atoms with Crippen LogP contribution in [0.15, 0.2) is 55.3 Å². The Morgan fingerprint density at radius 1 is 1.35 bits per heavy atom. The SMILES string of the molecule is C=CCNC(=O)c1ccnc(NCCc2ccccc2OC)c1. The van der Waals surface area contributed by atoms with Crippen molar-refractivity contribution in [3.05, 3.63) is 66.4 Å². The standard InChI is InChI=1S/C18H21N3O2/c1-3-10-21-18(22)15-9-12-20-17(13-15)19-11-8-14-6-4-5-7-16(14)23-2/h3-7,9,12-13H,1,8,10-11H2,2H3,(H,19,20)(H,21,22). The second kappa shape index (κ2) is 8.58. The third-order valence-electron chi connectivity index (χ3n) is 3.32. The van der Waals surface area contributed by atoms with Crippen LogP contribution in [0, 0.1) is 0 Å². The van der Waals surface area contributed by atoms with Crippen molar-refractivity contribution in [2.24, 2.45) is 0 Å². The maximum Gasteiger partial charge on any atom is 0.251 e. The van der Waals surface area contributed by atoms with E-state index in [-0.39, 0.29) is 5.91 Å². The number of carbonyl (C=O) groups is 1. The van der Waals surface area contributed by atoms with Crippen LogP contribution in [0.3, 0.4) is 0 Å². The molecule has 2 rings (SSSR count). The van der Waals surface area contributed by atoms with Gasteiger partial charge in [-0.1, -0.05) is 24.3 Å². The molecule has 2 N–H and O–H groups in total. The number of methoxy groups -OCH3 is 1. The van der Waals surface area contributed by atoms with Gasteiger partial charge in [-0.05, 0) is 30.2 Å². The summed E-state index contributed by atoms with van der Waals surface area (Å²) in [4.78, 5) is 16.1. The van der Waals surface area contributed by atoms with Crippen LogP contribution in [0.5, 0.6) is 5.75 Å². The van der Waals surface area contributed by atoms with Crippen LogP contribution in [-0.4, -0.2) is 31.1 Å². The number of hydrogen-bond donors (Lipinski definition) is 2. The van der Waals surface area contributed by atoms with E-state index in [0.29, 0.717) is 24.5 Å². The van der Waals surface area contributed by atoms with Crippen molar-refractivity contribution in [2.45, 2.75) is 6.42 Å². The Morgan fingerprint density at radius 2 is 2.17 bits per heavy atom. The molecule has 1 amide bonds. The van der Waals surface area contributed by atoms with E-state index in [1.165, 1.54) is 0 Å². The van der Waals surface area contributed by atoms with Gasteiger partial charge in [-0.2, -0.15) is 0 Å². The van der Waals surface area contributed by atoms with Crippen molar-refractivity contribution < 1.29 is 9.53 Å². The Bertz CT molecular complexity index is 671. The number of benzene rings is 1. The first-order chi connectivity index (χ1) is 11.2. The van der Waals surface area contributed by atoms with E-state index in [4.69, 9.17) is 4.74 Å². The van der Waals surface area contributed by atoms with Gasteiger partial charge in [-0.3, -0.25) is 4.79 Å². The number of nitrogens with zero attached hydrogens (tertiary/aromatic N) is 1. The largest absolute Gasteiger partial charge is 0.496 e. The summed E-state index contributed by atoms with van der Waals surface area (Å²) < 4.78 is 5.33. The van der Waals surface area contributed by atoms with Crippen molar-refractivity contribution >= 4 is 11.7 Å². The molecule has 0 saturated heterocycles. The van der Waals surface area contributed by atoms with Gasteiger partial charge < -0.3 is 15.4 Å². The molecular weight excluding hydrogens is 290 g/mol. The molecule has 1 aromatic carbocycles. The van der Waals surface area contributed by atoms with Crippen molar-refractivity contribution in [3.63, 3.8) is 0 Å². The van der Waals surface area contributed by atoms with E-state index >= 15 is 0 Å². The Hall–Kier alpha value is -2.82. The smallest absolute Gasteiger partial charge is 0.251 e. The molecule has 0 aliphatic heterocycles. The third-order valence-corrected chi connectivity index (χ3v) is 3.32. The zero-order valence-electron chi connectivity index (χ0n) is 13.2. The summed E-state index contributed by atoms with van der Waals surface area (Å²) in [6.45, 7) is 4.72. The lowest BCUT2D eigenvalue weighted by Gasteiger charge is -2.10. The fourth-order valence-corrected chi connectivity index (χ4v) is 2.17. The molecule has 1 aromatic heterocycles. The van der Waals surface area contributed by atoms with Gasteiger partial charge in [0.05, 0.1) is 7.11 Å². The lowest BCUT2D eigenvalue weighted by Crippen LogP contribution is -2.23. The molecular formula is C18H21N3O2. The quantitative estimate of drug-likeness (QED) is 0.736. The van der Waals surface area contributed by atoms with Gasteiger partial charge in [-0.15, -0.1) is 6.58 Å². The molecule has 0 unspecified atom stereocenters. The Kier molecular flexibility index (Phi) is 6.17. The predicted octanol–water partition coefficient (Wildman–Crippen LogP) is 2.66. The van der Waals surface area contributed by atoms with Gasteiger partial charge in [0.25, 0.3) is 5.91 Å². The molecule has 120 valence electrons. The van der Waals surface area contributed by atoms with Gasteiger partial charge in [0.2, 0.25) is 0 Å². The van der Waals surface area contributed by atoms with E-state index in [1.807, 2.05) is 24.3 Å². The van der Waals surface area contributed by atoms with Crippen LogP contribution in [-0.2, 0) is 6.42 Å². The molecule has 0 bridgehead atoms. The zero-order chi connectivity index (χ0) is 16.5. The highest BCUT2D eigenvalue weighted by atomic mass is 16.5. The van der Waals surface area contributed by atoms with E-state index in [1.54, 1.807) is 31.5 Å². The van der Waals surface area contributed by atoms with Gasteiger partial charge in [0, 0.05) is 24.8 Å².